The third-order valence-electron chi connectivity index (χ3n) is 4.18. The lowest BCUT2D eigenvalue weighted by atomic mass is 9.94. The van der Waals surface area contributed by atoms with Crippen LogP contribution in [0.3, 0.4) is 0 Å². The minimum absolute atomic E-state index is 0.0131. The van der Waals surface area contributed by atoms with Gasteiger partial charge >= 0.3 is 0 Å². The molecule has 100 valence electrons. The molecule has 2 saturated heterocycles. The lowest BCUT2D eigenvalue weighted by molar-refractivity contribution is -0.154. The molecule has 1 atom stereocenters. The number of hydrogen-bond donors (Lipinski definition) is 0. The second-order valence-corrected chi connectivity index (χ2v) is 6.78. The van der Waals surface area contributed by atoms with E-state index in [1.807, 2.05) is 0 Å². The summed E-state index contributed by atoms with van der Waals surface area (Å²) in [6, 6.07) is 0.623. The molecule has 0 radical (unpaired) electrons. The van der Waals surface area contributed by atoms with Crippen molar-refractivity contribution in [3.8, 4) is 0 Å². The average Bonchev–Trinajstić information content (AvgIpc) is 2.61. The summed E-state index contributed by atoms with van der Waals surface area (Å²) in [5, 5.41) is 0. The molecule has 0 amide bonds. The molecule has 0 saturated carbocycles. The Balaban J connectivity index is 2.17. The molecule has 3 heteroatoms. The van der Waals surface area contributed by atoms with Crippen molar-refractivity contribution in [1.29, 1.82) is 0 Å². The molecule has 2 aliphatic rings. The standard InChI is InChI=1S/C14H28N2O/c1-12(2)15-8-6-7-14(11-15)16(9-10-17-14)13(3,4)5/h12H,6-11H2,1-5H3. The molecule has 17 heavy (non-hydrogen) atoms. The highest BCUT2D eigenvalue weighted by Gasteiger charge is 2.49. The Morgan fingerprint density at radius 2 is 1.88 bits per heavy atom. The van der Waals surface area contributed by atoms with Crippen molar-refractivity contribution >= 4 is 0 Å². The molecule has 2 heterocycles. The summed E-state index contributed by atoms with van der Waals surface area (Å²) in [4.78, 5) is 5.14. The first-order valence-corrected chi connectivity index (χ1v) is 7.01. The normalized spacial score (nSPS) is 32.8. The molecular weight excluding hydrogens is 212 g/mol. The highest BCUT2D eigenvalue weighted by molar-refractivity contribution is 4.98. The van der Waals surface area contributed by atoms with Crippen LogP contribution in [0.1, 0.15) is 47.5 Å². The quantitative estimate of drug-likeness (QED) is 0.699. The molecule has 0 aliphatic carbocycles. The molecule has 0 bridgehead atoms. The van der Waals surface area contributed by atoms with Gasteiger partial charge in [-0.15, -0.1) is 0 Å². The van der Waals surface area contributed by atoms with Crippen LogP contribution in [0.25, 0.3) is 0 Å². The van der Waals surface area contributed by atoms with E-state index in [0.29, 0.717) is 6.04 Å². The van der Waals surface area contributed by atoms with Crippen LogP contribution in [0.2, 0.25) is 0 Å². The predicted molar refractivity (Wildman–Crippen MR) is 71.1 cm³/mol. The Hall–Kier alpha value is -0.120. The van der Waals surface area contributed by atoms with Gasteiger partial charge < -0.3 is 4.74 Å². The molecule has 0 aromatic rings. The topological polar surface area (TPSA) is 15.7 Å². The van der Waals surface area contributed by atoms with Crippen molar-refractivity contribution in [3.05, 3.63) is 0 Å². The second-order valence-electron chi connectivity index (χ2n) is 6.78. The summed E-state index contributed by atoms with van der Waals surface area (Å²) in [7, 11) is 0. The van der Waals surface area contributed by atoms with Crippen LogP contribution in [-0.2, 0) is 4.74 Å². The average molecular weight is 240 g/mol. The number of piperidine rings is 1. The van der Waals surface area contributed by atoms with Gasteiger partial charge in [-0.25, -0.2) is 0 Å². The summed E-state index contributed by atoms with van der Waals surface area (Å²) in [6.45, 7) is 15.7. The Kier molecular flexibility index (Phi) is 3.54. The molecule has 0 N–H and O–H groups in total. The highest BCUT2D eigenvalue weighted by atomic mass is 16.5. The van der Waals surface area contributed by atoms with Crippen molar-refractivity contribution in [1.82, 2.24) is 9.80 Å². The van der Waals surface area contributed by atoms with Gasteiger partial charge in [0.05, 0.1) is 6.61 Å². The predicted octanol–water partition coefficient (Wildman–Crippen LogP) is 2.32. The van der Waals surface area contributed by atoms with Crippen molar-refractivity contribution in [2.75, 3.05) is 26.2 Å². The van der Waals surface area contributed by atoms with Gasteiger partial charge in [0.1, 0.15) is 5.72 Å². The highest BCUT2D eigenvalue weighted by Crippen LogP contribution is 2.38. The molecule has 2 aliphatic heterocycles. The number of hydrogen-bond acceptors (Lipinski definition) is 3. The van der Waals surface area contributed by atoms with E-state index in [-0.39, 0.29) is 11.3 Å². The third-order valence-corrected chi connectivity index (χ3v) is 4.18. The Morgan fingerprint density at radius 1 is 1.18 bits per heavy atom. The summed E-state index contributed by atoms with van der Waals surface area (Å²) in [5.74, 6) is 0. The van der Waals surface area contributed by atoms with E-state index >= 15 is 0 Å². The molecule has 2 fully saturated rings. The Labute approximate surface area is 106 Å². The van der Waals surface area contributed by atoms with E-state index in [4.69, 9.17) is 4.74 Å². The zero-order valence-corrected chi connectivity index (χ0v) is 12.1. The van der Waals surface area contributed by atoms with Gasteiger partial charge in [0.15, 0.2) is 0 Å². The fourth-order valence-corrected chi connectivity index (χ4v) is 3.37. The summed E-state index contributed by atoms with van der Waals surface area (Å²) >= 11 is 0. The van der Waals surface area contributed by atoms with E-state index in [9.17, 15) is 0 Å². The first-order valence-electron chi connectivity index (χ1n) is 7.01. The SMILES string of the molecule is CC(C)N1CCCC2(C1)OCCN2C(C)(C)C. The van der Waals surface area contributed by atoms with Gasteiger partial charge in [0, 0.05) is 24.7 Å². The monoisotopic (exact) mass is 240 g/mol. The van der Waals surface area contributed by atoms with Gasteiger partial charge in [-0.05, 0) is 54.0 Å². The first kappa shape index (κ1) is 13.3. The van der Waals surface area contributed by atoms with Crippen LogP contribution in [0, 0.1) is 0 Å². The van der Waals surface area contributed by atoms with Crippen LogP contribution in [0.4, 0.5) is 0 Å². The fraction of sp³-hybridized carbons (Fsp3) is 1.00. The molecule has 0 aromatic carbocycles. The van der Waals surface area contributed by atoms with E-state index in [2.05, 4.69) is 44.4 Å². The van der Waals surface area contributed by atoms with Crippen LogP contribution < -0.4 is 0 Å². The number of rotatable bonds is 1. The largest absolute Gasteiger partial charge is 0.358 e. The Morgan fingerprint density at radius 3 is 2.47 bits per heavy atom. The van der Waals surface area contributed by atoms with Crippen molar-refractivity contribution in [2.24, 2.45) is 0 Å². The van der Waals surface area contributed by atoms with Gasteiger partial charge in [-0.3, -0.25) is 9.80 Å². The van der Waals surface area contributed by atoms with Crippen LogP contribution in [-0.4, -0.2) is 53.3 Å². The van der Waals surface area contributed by atoms with Gasteiger partial charge in [-0.1, -0.05) is 0 Å². The van der Waals surface area contributed by atoms with Crippen molar-refractivity contribution < 1.29 is 4.74 Å². The maximum atomic E-state index is 6.19. The summed E-state index contributed by atoms with van der Waals surface area (Å²) in [5.41, 5.74) is 0.192. The number of likely N-dealkylation sites (tertiary alicyclic amines) is 1. The first-order chi connectivity index (χ1) is 7.85. The van der Waals surface area contributed by atoms with E-state index in [1.165, 1.54) is 19.4 Å². The van der Waals surface area contributed by atoms with Gasteiger partial charge in [-0.2, -0.15) is 0 Å². The molecule has 3 nitrogen and oxygen atoms in total. The number of ether oxygens (including phenoxy) is 1. The number of nitrogens with zero attached hydrogens (tertiary/aromatic N) is 2. The zero-order chi connectivity index (χ0) is 12.7. The van der Waals surface area contributed by atoms with Crippen LogP contribution in [0.5, 0.6) is 0 Å². The smallest absolute Gasteiger partial charge is 0.135 e. The maximum Gasteiger partial charge on any atom is 0.135 e. The third kappa shape index (κ3) is 2.51. The lowest BCUT2D eigenvalue weighted by Crippen LogP contribution is -2.62. The van der Waals surface area contributed by atoms with E-state index in [1.54, 1.807) is 0 Å². The maximum absolute atomic E-state index is 6.19. The molecule has 2 rings (SSSR count). The van der Waals surface area contributed by atoms with E-state index in [0.717, 1.165) is 19.7 Å². The van der Waals surface area contributed by atoms with Crippen molar-refractivity contribution in [3.63, 3.8) is 0 Å². The molecule has 1 spiro atoms. The lowest BCUT2D eigenvalue weighted by Gasteiger charge is -2.50. The summed E-state index contributed by atoms with van der Waals surface area (Å²) < 4.78 is 6.19. The molecule has 1 unspecified atom stereocenters. The molecule has 0 aromatic heterocycles. The zero-order valence-electron chi connectivity index (χ0n) is 12.1. The van der Waals surface area contributed by atoms with Gasteiger partial charge in [0.2, 0.25) is 0 Å². The minimum atomic E-state index is -0.0131. The minimum Gasteiger partial charge on any atom is -0.358 e. The van der Waals surface area contributed by atoms with Crippen molar-refractivity contribution in [2.45, 2.75) is 64.8 Å². The van der Waals surface area contributed by atoms with Crippen LogP contribution in [0.15, 0.2) is 0 Å². The second kappa shape index (κ2) is 4.52. The molecular formula is C14H28N2O. The Bertz CT molecular complexity index is 272. The van der Waals surface area contributed by atoms with E-state index < -0.39 is 0 Å². The van der Waals surface area contributed by atoms with Gasteiger partial charge in [0.25, 0.3) is 0 Å². The summed E-state index contributed by atoms with van der Waals surface area (Å²) in [6.07, 6.45) is 2.44. The fourth-order valence-electron chi connectivity index (χ4n) is 3.37. The van der Waals surface area contributed by atoms with Crippen LogP contribution >= 0.6 is 0 Å².